The highest BCUT2D eigenvalue weighted by molar-refractivity contribution is 6.41. The third-order valence-electron chi connectivity index (χ3n) is 5.53. The van der Waals surface area contributed by atoms with Gasteiger partial charge in [-0.1, -0.05) is 35.8 Å². The third-order valence-corrected chi connectivity index (χ3v) is 6.28. The summed E-state index contributed by atoms with van der Waals surface area (Å²) in [5, 5.41) is 14.9. The molecule has 8 nitrogen and oxygen atoms in total. The number of nitrogens with zero attached hydrogens (tertiary/aromatic N) is 3. The fraction of sp³-hybridized carbons (Fsp3) is 0.261. The maximum Gasteiger partial charge on any atom is 0.246 e. The van der Waals surface area contributed by atoms with Crippen molar-refractivity contribution in [3.63, 3.8) is 0 Å². The van der Waals surface area contributed by atoms with Crippen LogP contribution in [0.15, 0.2) is 43.1 Å². The highest BCUT2D eigenvalue weighted by Crippen LogP contribution is 2.46. The monoisotopic (exact) mass is 488 g/mol. The second-order valence-electron chi connectivity index (χ2n) is 7.52. The number of carbonyl (C=O) groups excluding carboxylic acids is 1. The van der Waals surface area contributed by atoms with Crippen LogP contribution in [0.5, 0.6) is 11.5 Å². The molecule has 0 bridgehead atoms. The van der Waals surface area contributed by atoms with Crippen LogP contribution in [0, 0.1) is 0 Å². The molecule has 2 aromatic carbocycles. The van der Waals surface area contributed by atoms with Crippen molar-refractivity contribution >= 4 is 46.0 Å². The number of nitrogens with one attached hydrogen (secondary N) is 1. The van der Waals surface area contributed by atoms with Crippen molar-refractivity contribution in [1.29, 1.82) is 0 Å². The van der Waals surface area contributed by atoms with E-state index in [9.17, 15) is 9.90 Å². The van der Waals surface area contributed by atoms with E-state index in [1.165, 1.54) is 25.2 Å². The number of ether oxygens (including phenoxy) is 2. The van der Waals surface area contributed by atoms with Crippen LogP contribution in [0.1, 0.15) is 0 Å². The molecule has 0 aliphatic carbocycles. The molecule has 33 heavy (non-hydrogen) atoms. The molecule has 4 rings (SSSR count). The fourth-order valence-corrected chi connectivity index (χ4v) is 4.52. The van der Waals surface area contributed by atoms with Crippen molar-refractivity contribution in [3.05, 3.63) is 53.2 Å². The second kappa shape index (κ2) is 9.43. The lowest BCUT2D eigenvalue weighted by molar-refractivity contribution is -0.125. The molecule has 1 aromatic heterocycles. The Morgan fingerprint density at radius 3 is 2.55 bits per heavy atom. The molecule has 1 fully saturated rings. The van der Waals surface area contributed by atoms with Gasteiger partial charge in [0.25, 0.3) is 0 Å². The van der Waals surface area contributed by atoms with Gasteiger partial charge in [0.2, 0.25) is 11.9 Å². The Balaban J connectivity index is 1.63. The third kappa shape index (κ3) is 4.42. The molecule has 2 atom stereocenters. The summed E-state index contributed by atoms with van der Waals surface area (Å²) in [4.78, 5) is 22.2. The summed E-state index contributed by atoms with van der Waals surface area (Å²) in [5.74, 6) is 1.02. The Bertz CT molecular complexity index is 1210. The predicted molar refractivity (Wildman–Crippen MR) is 128 cm³/mol. The summed E-state index contributed by atoms with van der Waals surface area (Å²) in [5.41, 5.74) is 2.02. The molecule has 0 unspecified atom stereocenters. The number of hydrogen-bond acceptors (Lipinski definition) is 7. The summed E-state index contributed by atoms with van der Waals surface area (Å²) < 4.78 is 10.7. The molecule has 172 valence electrons. The Labute approximate surface area is 200 Å². The maximum absolute atomic E-state index is 11.8. The van der Waals surface area contributed by atoms with Crippen LogP contribution in [0.3, 0.4) is 0 Å². The zero-order valence-corrected chi connectivity index (χ0v) is 19.5. The van der Waals surface area contributed by atoms with Gasteiger partial charge in [-0.15, -0.1) is 0 Å². The van der Waals surface area contributed by atoms with Gasteiger partial charge in [-0.25, -0.2) is 9.97 Å². The number of β-amino-alcohol motifs (C(OH)–C–C–N with tert-alkyl or cyclic N) is 1. The van der Waals surface area contributed by atoms with Crippen molar-refractivity contribution in [2.45, 2.75) is 12.1 Å². The molecule has 2 heterocycles. The van der Waals surface area contributed by atoms with Crippen LogP contribution in [0.4, 0.5) is 5.95 Å². The summed E-state index contributed by atoms with van der Waals surface area (Å²) in [6.45, 7) is 4.05. The van der Waals surface area contributed by atoms with Gasteiger partial charge in [-0.2, -0.15) is 0 Å². The number of aliphatic hydroxyl groups excluding tert-OH is 1. The van der Waals surface area contributed by atoms with E-state index in [0.717, 1.165) is 10.9 Å². The van der Waals surface area contributed by atoms with Crippen molar-refractivity contribution in [2.75, 3.05) is 32.6 Å². The van der Waals surface area contributed by atoms with E-state index in [-0.39, 0.29) is 18.5 Å². The average Bonchev–Trinajstić information content (AvgIpc) is 3.18. The summed E-state index contributed by atoms with van der Waals surface area (Å²) >= 11 is 13.1. The van der Waals surface area contributed by atoms with Gasteiger partial charge in [0, 0.05) is 36.3 Å². The number of methoxy groups -OCH3 is 2. The molecule has 0 radical (unpaired) electrons. The number of benzene rings is 2. The molecule has 3 aromatic rings. The minimum Gasteiger partial charge on any atom is -0.495 e. The lowest BCUT2D eigenvalue weighted by atomic mass is 10.0. The van der Waals surface area contributed by atoms with Gasteiger partial charge in [-0.3, -0.25) is 4.79 Å². The van der Waals surface area contributed by atoms with Gasteiger partial charge in [0.15, 0.2) is 0 Å². The topological polar surface area (TPSA) is 96.8 Å². The first kappa shape index (κ1) is 23.1. The first-order valence-electron chi connectivity index (χ1n) is 10.1. The largest absolute Gasteiger partial charge is 0.495 e. The number of carbonyl (C=O) groups is 1. The number of halogens is 2. The number of aromatic nitrogens is 2. The number of fused-ring (bicyclic) bond motifs is 1. The first-order valence-corrected chi connectivity index (χ1v) is 10.8. The van der Waals surface area contributed by atoms with E-state index in [4.69, 9.17) is 32.7 Å². The quantitative estimate of drug-likeness (QED) is 0.509. The van der Waals surface area contributed by atoms with E-state index in [0.29, 0.717) is 45.1 Å². The van der Waals surface area contributed by atoms with Crippen molar-refractivity contribution in [1.82, 2.24) is 14.9 Å². The number of aliphatic hydroxyl groups is 1. The van der Waals surface area contributed by atoms with Gasteiger partial charge in [0.1, 0.15) is 11.5 Å². The smallest absolute Gasteiger partial charge is 0.246 e. The highest BCUT2D eigenvalue weighted by atomic mass is 35.5. The number of rotatable bonds is 6. The molecule has 1 amide bonds. The van der Waals surface area contributed by atoms with Crippen LogP contribution in [0.2, 0.25) is 10.0 Å². The molecule has 0 saturated carbocycles. The fourth-order valence-electron chi connectivity index (χ4n) is 3.80. The standard InChI is InChI=1S/C23H22Cl2N4O4/c1-4-19(31)29-10-15(16(30)11-29)28-23-26-9-13-7-12(5-6-14(13)27-23)20-21(24)17(32-2)8-18(33-3)22(20)25/h4-9,15-16,30H,1,10-11H2,2-3H3,(H,26,27,28)/t15-,16-/m1/s1. The Morgan fingerprint density at radius 1 is 1.21 bits per heavy atom. The van der Waals surface area contributed by atoms with Gasteiger partial charge < -0.3 is 24.8 Å². The molecular formula is C23H22Cl2N4O4. The van der Waals surface area contributed by atoms with Crippen LogP contribution in [-0.4, -0.2) is 65.3 Å². The average molecular weight is 489 g/mol. The second-order valence-corrected chi connectivity index (χ2v) is 8.27. The van der Waals surface area contributed by atoms with E-state index in [2.05, 4.69) is 21.9 Å². The van der Waals surface area contributed by atoms with Crippen LogP contribution < -0.4 is 14.8 Å². The van der Waals surface area contributed by atoms with Gasteiger partial charge in [-0.05, 0) is 23.8 Å². The van der Waals surface area contributed by atoms with Crippen molar-refractivity contribution in [3.8, 4) is 22.6 Å². The van der Waals surface area contributed by atoms with Crippen molar-refractivity contribution < 1.29 is 19.4 Å². The molecule has 1 aliphatic rings. The zero-order chi connectivity index (χ0) is 23.7. The SMILES string of the molecule is C=CC(=O)N1C[C@@H](O)[C@H](Nc2ncc3cc(-c4c(Cl)c(OC)cc(OC)c4Cl)ccc3n2)C1. The van der Waals surface area contributed by atoms with Crippen molar-refractivity contribution in [2.24, 2.45) is 0 Å². The predicted octanol–water partition coefficient (Wildman–Crippen LogP) is 3.79. The number of amides is 1. The highest BCUT2D eigenvalue weighted by Gasteiger charge is 2.33. The zero-order valence-electron chi connectivity index (χ0n) is 18.0. The molecular weight excluding hydrogens is 467 g/mol. The van der Waals surface area contributed by atoms with Crippen LogP contribution in [-0.2, 0) is 4.79 Å². The number of likely N-dealkylation sites (tertiary alicyclic amines) is 1. The number of hydrogen-bond donors (Lipinski definition) is 2. The summed E-state index contributed by atoms with van der Waals surface area (Å²) in [7, 11) is 3.05. The molecule has 10 heteroatoms. The Hall–Kier alpha value is -3.07. The van der Waals surface area contributed by atoms with Gasteiger partial charge in [0.05, 0.1) is 41.9 Å². The maximum atomic E-state index is 11.8. The Morgan fingerprint density at radius 2 is 1.91 bits per heavy atom. The lowest BCUT2D eigenvalue weighted by Gasteiger charge is -2.16. The molecule has 1 saturated heterocycles. The van der Waals surface area contributed by atoms with Crippen LogP contribution in [0.25, 0.3) is 22.0 Å². The molecule has 2 N–H and O–H groups in total. The first-order chi connectivity index (χ1) is 15.9. The summed E-state index contributed by atoms with van der Waals surface area (Å²) in [6.07, 6.45) is 2.17. The van der Waals surface area contributed by atoms with Crippen LogP contribution >= 0.6 is 23.2 Å². The molecule has 0 spiro atoms. The van der Waals surface area contributed by atoms with E-state index >= 15 is 0 Å². The van der Waals surface area contributed by atoms with E-state index < -0.39 is 6.10 Å². The molecule has 1 aliphatic heterocycles. The van der Waals surface area contributed by atoms with E-state index in [1.807, 2.05) is 18.2 Å². The Kier molecular flexibility index (Phi) is 6.60. The van der Waals surface area contributed by atoms with E-state index in [1.54, 1.807) is 12.3 Å². The normalized spacial score (nSPS) is 17.8. The lowest BCUT2D eigenvalue weighted by Crippen LogP contribution is -2.33. The van der Waals surface area contributed by atoms with Gasteiger partial charge >= 0.3 is 0 Å². The summed E-state index contributed by atoms with van der Waals surface area (Å²) in [6, 6.07) is 6.80. The minimum atomic E-state index is -0.733. The number of anilines is 1. The minimum absolute atomic E-state index is 0.225.